The van der Waals surface area contributed by atoms with E-state index < -0.39 is 5.97 Å². The minimum Gasteiger partial charge on any atom is -0.487 e. The first-order valence-corrected chi connectivity index (χ1v) is 12.7. The molecule has 1 N–H and O–H groups in total. The van der Waals surface area contributed by atoms with Gasteiger partial charge in [-0.15, -0.1) is 0 Å². The van der Waals surface area contributed by atoms with E-state index in [2.05, 4.69) is 34.2 Å². The van der Waals surface area contributed by atoms with E-state index in [9.17, 15) is 4.79 Å². The predicted octanol–water partition coefficient (Wildman–Crippen LogP) is 5.79. The molecule has 1 saturated heterocycles. The molecule has 6 nitrogen and oxygen atoms in total. The molecule has 2 aromatic carbocycles. The summed E-state index contributed by atoms with van der Waals surface area (Å²) < 4.78 is 11.5. The monoisotopic (exact) mass is 504 g/mol. The predicted molar refractivity (Wildman–Crippen MR) is 140 cm³/mol. The molecule has 36 heavy (non-hydrogen) atoms. The maximum Gasteiger partial charge on any atom is 0.341 e. The first-order valence-electron chi connectivity index (χ1n) is 12.3. The van der Waals surface area contributed by atoms with Gasteiger partial charge in [-0.25, -0.2) is 4.79 Å². The Balaban J connectivity index is 1.31. The van der Waals surface area contributed by atoms with Gasteiger partial charge in [0.05, 0.1) is 5.69 Å². The molecule has 1 aromatic heterocycles. The normalized spacial score (nSPS) is 17.1. The number of carbonyl (C=O) groups is 1. The van der Waals surface area contributed by atoms with Gasteiger partial charge in [0, 0.05) is 28.9 Å². The number of benzene rings is 2. The van der Waals surface area contributed by atoms with Crippen molar-refractivity contribution >= 4 is 23.1 Å². The molecule has 0 bridgehead atoms. The summed E-state index contributed by atoms with van der Waals surface area (Å²) in [7, 11) is 0. The Labute approximate surface area is 216 Å². The Morgan fingerprint density at radius 3 is 2.72 bits per heavy atom. The maximum atomic E-state index is 11.0. The van der Waals surface area contributed by atoms with E-state index >= 15 is 0 Å². The van der Waals surface area contributed by atoms with Crippen LogP contribution in [0.3, 0.4) is 0 Å². The van der Waals surface area contributed by atoms with Crippen LogP contribution in [0, 0.1) is 0 Å². The maximum absolute atomic E-state index is 11.0. The summed E-state index contributed by atoms with van der Waals surface area (Å²) in [5, 5.41) is 9.78. The molecule has 2 aliphatic heterocycles. The van der Waals surface area contributed by atoms with E-state index in [0.717, 1.165) is 72.1 Å². The Kier molecular flexibility index (Phi) is 7.54. The van der Waals surface area contributed by atoms with Crippen molar-refractivity contribution in [3.8, 4) is 11.5 Å². The zero-order valence-corrected chi connectivity index (χ0v) is 20.8. The standard InChI is InChI=1S/C29H29ClN2O4/c30-22-7-5-20(6-8-22)21-11-15-32(16-12-21)14-2-4-24-25-3-1-13-31-27(25)18-36-28-10-9-23(17-26(24)28)35-19-29(33)34/h1,3-10,13,17,21H,2,11-12,14-16,18-19H2,(H,33,34). The van der Waals surface area contributed by atoms with Gasteiger partial charge in [0.1, 0.15) is 18.1 Å². The number of aromatic nitrogens is 1. The van der Waals surface area contributed by atoms with Crippen LogP contribution < -0.4 is 9.47 Å². The van der Waals surface area contributed by atoms with Crippen LogP contribution in [0.4, 0.5) is 0 Å². The molecule has 0 atom stereocenters. The zero-order chi connectivity index (χ0) is 24.9. The Hall–Kier alpha value is -3.35. The summed E-state index contributed by atoms with van der Waals surface area (Å²) in [4.78, 5) is 18.0. The molecule has 0 saturated carbocycles. The van der Waals surface area contributed by atoms with E-state index in [1.54, 1.807) is 12.3 Å². The van der Waals surface area contributed by atoms with Gasteiger partial charge in [-0.2, -0.15) is 0 Å². The highest BCUT2D eigenvalue weighted by molar-refractivity contribution is 6.30. The molecule has 0 amide bonds. The Bertz CT molecular complexity index is 1250. The molecule has 3 aromatic rings. The highest BCUT2D eigenvalue weighted by Crippen LogP contribution is 2.38. The molecule has 186 valence electrons. The number of hydrogen-bond acceptors (Lipinski definition) is 5. The van der Waals surface area contributed by atoms with E-state index in [0.29, 0.717) is 18.3 Å². The summed E-state index contributed by atoms with van der Waals surface area (Å²) in [6.07, 6.45) is 7.20. The van der Waals surface area contributed by atoms with Crippen molar-refractivity contribution < 1.29 is 19.4 Å². The van der Waals surface area contributed by atoms with Crippen molar-refractivity contribution in [3.63, 3.8) is 0 Å². The van der Waals surface area contributed by atoms with Crippen molar-refractivity contribution in [2.24, 2.45) is 0 Å². The second-order valence-electron chi connectivity index (χ2n) is 9.20. The second-order valence-corrected chi connectivity index (χ2v) is 9.64. The summed E-state index contributed by atoms with van der Waals surface area (Å²) in [6.45, 7) is 3.11. The quantitative estimate of drug-likeness (QED) is 0.439. The number of rotatable bonds is 7. The number of pyridine rings is 1. The minimum absolute atomic E-state index is 0.383. The van der Waals surface area contributed by atoms with Gasteiger partial charge in [-0.3, -0.25) is 4.98 Å². The van der Waals surface area contributed by atoms with Crippen LogP contribution in [-0.4, -0.2) is 47.2 Å². The van der Waals surface area contributed by atoms with Gasteiger partial charge < -0.3 is 19.5 Å². The summed E-state index contributed by atoms with van der Waals surface area (Å²) in [6, 6.07) is 17.7. The van der Waals surface area contributed by atoms with E-state index in [1.807, 2.05) is 30.3 Å². The molecular formula is C29H29ClN2O4. The molecule has 5 rings (SSSR count). The van der Waals surface area contributed by atoms with Crippen molar-refractivity contribution in [2.45, 2.75) is 31.8 Å². The second kappa shape index (κ2) is 11.1. The third-order valence-corrected chi connectivity index (χ3v) is 7.12. The fourth-order valence-electron chi connectivity index (χ4n) is 5.01. The van der Waals surface area contributed by atoms with E-state index in [-0.39, 0.29) is 6.61 Å². The number of piperidine rings is 1. The first kappa shape index (κ1) is 24.3. The third kappa shape index (κ3) is 5.72. The number of hydrogen-bond donors (Lipinski definition) is 1. The van der Waals surface area contributed by atoms with Crippen LogP contribution in [0.5, 0.6) is 11.5 Å². The molecule has 0 unspecified atom stereocenters. The largest absolute Gasteiger partial charge is 0.487 e. The highest BCUT2D eigenvalue weighted by atomic mass is 35.5. The molecular weight excluding hydrogens is 476 g/mol. The average Bonchev–Trinajstić information content (AvgIpc) is 3.05. The summed E-state index contributed by atoms with van der Waals surface area (Å²) in [5.41, 5.74) is 5.24. The summed E-state index contributed by atoms with van der Waals surface area (Å²) in [5.74, 6) is 0.823. The SMILES string of the molecule is O=C(O)COc1ccc2c(c1)C(=CCCN1CCC(c3ccc(Cl)cc3)CC1)c1cccnc1CO2. The number of carboxylic acids is 1. The third-order valence-electron chi connectivity index (χ3n) is 6.87. The van der Waals surface area contributed by atoms with Gasteiger partial charge in [0.2, 0.25) is 0 Å². The number of ether oxygens (including phenoxy) is 2. The smallest absolute Gasteiger partial charge is 0.341 e. The lowest BCUT2D eigenvalue weighted by molar-refractivity contribution is -0.139. The fourth-order valence-corrected chi connectivity index (χ4v) is 5.13. The van der Waals surface area contributed by atoms with Crippen LogP contribution in [0.25, 0.3) is 5.57 Å². The van der Waals surface area contributed by atoms with Crippen LogP contribution in [0.1, 0.15) is 47.6 Å². The van der Waals surface area contributed by atoms with Gasteiger partial charge >= 0.3 is 5.97 Å². The van der Waals surface area contributed by atoms with Crippen LogP contribution in [0.2, 0.25) is 5.02 Å². The number of nitrogens with zero attached hydrogens (tertiary/aromatic N) is 2. The Morgan fingerprint density at radius 2 is 1.94 bits per heavy atom. The topological polar surface area (TPSA) is 71.9 Å². The van der Waals surface area contributed by atoms with Gasteiger partial charge in [0.15, 0.2) is 6.61 Å². The minimum atomic E-state index is -1.01. The lowest BCUT2D eigenvalue weighted by Gasteiger charge is -2.32. The molecule has 7 heteroatoms. The van der Waals surface area contributed by atoms with Crippen molar-refractivity contribution in [1.82, 2.24) is 9.88 Å². The first-order chi connectivity index (χ1) is 17.6. The van der Waals surface area contributed by atoms with Crippen molar-refractivity contribution in [1.29, 1.82) is 0 Å². The number of halogens is 1. The molecule has 1 fully saturated rings. The number of fused-ring (bicyclic) bond motifs is 2. The lowest BCUT2D eigenvalue weighted by atomic mass is 9.89. The molecule has 0 spiro atoms. The van der Waals surface area contributed by atoms with Crippen LogP contribution in [0.15, 0.2) is 66.9 Å². The fraction of sp³-hybridized carbons (Fsp3) is 0.310. The van der Waals surface area contributed by atoms with E-state index in [1.165, 1.54) is 5.56 Å². The van der Waals surface area contributed by atoms with Gasteiger partial charge in [-0.05, 0) is 85.8 Å². The number of carboxylic acid groups (broad SMARTS) is 1. The molecule has 0 radical (unpaired) electrons. The van der Waals surface area contributed by atoms with Crippen LogP contribution >= 0.6 is 11.6 Å². The number of likely N-dealkylation sites (tertiary alicyclic amines) is 1. The van der Waals surface area contributed by atoms with Crippen molar-refractivity contribution in [3.05, 3.63) is 94.3 Å². The van der Waals surface area contributed by atoms with E-state index in [4.69, 9.17) is 26.2 Å². The molecule has 0 aliphatic carbocycles. The van der Waals surface area contributed by atoms with Crippen molar-refractivity contribution in [2.75, 3.05) is 26.2 Å². The lowest BCUT2D eigenvalue weighted by Crippen LogP contribution is -2.33. The van der Waals surface area contributed by atoms with Gasteiger partial charge in [0.25, 0.3) is 0 Å². The van der Waals surface area contributed by atoms with Gasteiger partial charge in [-0.1, -0.05) is 35.9 Å². The summed E-state index contributed by atoms with van der Waals surface area (Å²) >= 11 is 6.05. The molecule has 3 heterocycles. The molecule has 2 aliphatic rings. The number of aliphatic carboxylic acids is 1. The zero-order valence-electron chi connectivity index (χ0n) is 20.0. The Morgan fingerprint density at radius 1 is 1.14 bits per heavy atom. The average molecular weight is 505 g/mol. The van der Waals surface area contributed by atoms with Crippen LogP contribution in [-0.2, 0) is 11.4 Å². The highest BCUT2D eigenvalue weighted by Gasteiger charge is 2.22.